The zero-order valence-corrected chi connectivity index (χ0v) is 32.1. The fraction of sp³-hybridized carbons (Fsp3) is 0.273. The van der Waals surface area contributed by atoms with Crippen LogP contribution in [0.4, 0.5) is 0 Å². The van der Waals surface area contributed by atoms with E-state index in [9.17, 15) is 0 Å². The van der Waals surface area contributed by atoms with Crippen LogP contribution in [-0.2, 0) is 21.5 Å². The maximum Gasteiger partial charge on any atom is 0.391 e. The molecule has 4 aromatic carbocycles. The van der Waals surface area contributed by atoms with Crippen molar-refractivity contribution in [3.05, 3.63) is 121 Å². The standard InChI is InChI=1S/C33H44O5S2Si4/c1-6-33(39,34-7-2)41(4)36-43(29-21-13-9-14-22-29,30-23-15-10-16-24-30)38-44(31-25-17-11-18-26-31,32-27-19-12-20-28-32)37-42(5,40)35-8-3/h9-28,39-41H,6-8H2,1-5H3. The molecule has 0 radical (unpaired) electrons. The van der Waals surface area contributed by atoms with Crippen LogP contribution in [0.3, 0.4) is 0 Å². The second-order valence-electron chi connectivity index (χ2n) is 10.6. The fourth-order valence-electron chi connectivity index (χ4n) is 5.36. The maximum atomic E-state index is 7.93. The van der Waals surface area contributed by atoms with Crippen molar-refractivity contribution in [1.29, 1.82) is 0 Å². The molecule has 44 heavy (non-hydrogen) atoms. The molecule has 4 aromatic rings. The fourth-order valence-corrected chi connectivity index (χ4v) is 24.0. The Labute approximate surface area is 278 Å². The zero-order chi connectivity index (χ0) is 31.7. The largest absolute Gasteiger partial charge is 0.429 e. The van der Waals surface area contributed by atoms with Gasteiger partial charge in [-0.2, -0.15) is 0 Å². The molecule has 0 aliphatic rings. The first-order valence-electron chi connectivity index (χ1n) is 15.2. The van der Waals surface area contributed by atoms with Gasteiger partial charge in [-0.15, -0.1) is 24.7 Å². The summed E-state index contributed by atoms with van der Waals surface area (Å²) < 4.78 is 34.6. The van der Waals surface area contributed by atoms with Crippen LogP contribution in [-0.4, -0.2) is 51.6 Å². The molecule has 4 rings (SSSR count). The quantitative estimate of drug-likeness (QED) is 0.0977. The number of hydrogen-bond donors (Lipinski definition) is 2. The van der Waals surface area contributed by atoms with Gasteiger partial charge in [0.15, 0.2) is 0 Å². The summed E-state index contributed by atoms with van der Waals surface area (Å²) in [5, 5.41) is 3.88. The van der Waals surface area contributed by atoms with Crippen molar-refractivity contribution in [1.82, 2.24) is 0 Å². The first kappa shape index (κ1) is 35.1. The summed E-state index contributed by atoms with van der Waals surface area (Å²) in [4.78, 5) is 0. The van der Waals surface area contributed by atoms with E-state index in [1.54, 1.807) is 0 Å². The van der Waals surface area contributed by atoms with E-state index < -0.39 is 38.4 Å². The lowest BCUT2D eigenvalue weighted by Crippen LogP contribution is -2.78. The van der Waals surface area contributed by atoms with Crippen molar-refractivity contribution >= 4 is 79.3 Å². The van der Waals surface area contributed by atoms with Gasteiger partial charge in [-0.05, 0) is 54.1 Å². The molecule has 0 aromatic heterocycles. The van der Waals surface area contributed by atoms with Gasteiger partial charge >= 0.3 is 24.8 Å². The Hall–Kier alpha value is -1.75. The van der Waals surface area contributed by atoms with E-state index in [2.05, 4.69) is 62.0 Å². The highest BCUT2D eigenvalue weighted by Gasteiger charge is 2.58. The molecule has 3 atom stereocenters. The van der Waals surface area contributed by atoms with Crippen molar-refractivity contribution in [2.75, 3.05) is 13.2 Å². The van der Waals surface area contributed by atoms with Crippen LogP contribution in [0, 0.1) is 0 Å². The van der Waals surface area contributed by atoms with Crippen LogP contribution < -0.4 is 20.7 Å². The summed E-state index contributed by atoms with van der Waals surface area (Å²) in [6.45, 7) is 11.2. The van der Waals surface area contributed by atoms with E-state index in [4.69, 9.17) is 46.2 Å². The van der Waals surface area contributed by atoms with Crippen molar-refractivity contribution in [2.24, 2.45) is 0 Å². The van der Waals surface area contributed by atoms with Crippen LogP contribution in [0.5, 0.6) is 0 Å². The van der Waals surface area contributed by atoms with Gasteiger partial charge in [-0.25, -0.2) is 0 Å². The van der Waals surface area contributed by atoms with Crippen LogP contribution in [0.2, 0.25) is 13.1 Å². The predicted octanol–water partition coefficient (Wildman–Crippen LogP) is 5.05. The van der Waals surface area contributed by atoms with Crippen molar-refractivity contribution in [3.63, 3.8) is 0 Å². The van der Waals surface area contributed by atoms with E-state index in [1.165, 1.54) is 0 Å². The average Bonchev–Trinajstić information content (AvgIpc) is 3.05. The van der Waals surface area contributed by atoms with Gasteiger partial charge in [0, 0.05) is 13.2 Å². The molecule has 0 fully saturated rings. The minimum absolute atomic E-state index is 0.480. The normalized spacial score (nSPS) is 15.7. The van der Waals surface area contributed by atoms with Gasteiger partial charge in [-0.3, -0.25) is 0 Å². The van der Waals surface area contributed by atoms with Gasteiger partial charge in [0.05, 0.1) is 0 Å². The third-order valence-electron chi connectivity index (χ3n) is 7.53. The van der Waals surface area contributed by atoms with E-state index in [0.29, 0.717) is 19.6 Å². The molecule has 234 valence electrons. The van der Waals surface area contributed by atoms with Crippen LogP contribution >= 0.6 is 24.7 Å². The molecule has 0 aliphatic heterocycles. The number of hydrogen-bond acceptors (Lipinski definition) is 7. The number of benzene rings is 4. The van der Waals surface area contributed by atoms with Gasteiger partial charge in [-0.1, -0.05) is 128 Å². The van der Waals surface area contributed by atoms with Crippen molar-refractivity contribution in [3.8, 4) is 0 Å². The highest BCUT2D eigenvalue weighted by molar-refractivity contribution is 8.12. The molecular weight excluding hydrogens is 653 g/mol. The number of rotatable bonds is 16. The molecule has 3 unspecified atom stereocenters. The van der Waals surface area contributed by atoms with Gasteiger partial charge in [0.25, 0.3) is 0 Å². The Morgan fingerprint density at radius 1 is 0.614 bits per heavy atom. The summed E-state index contributed by atoms with van der Waals surface area (Å²) >= 11 is 10.2. The summed E-state index contributed by atoms with van der Waals surface area (Å²) in [6, 6.07) is 41.2. The summed E-state index contributed by atoms with van der Waals surface area (Å²) in [5.74, 6) is 0. The van der Waals surface area contributed by atoms with Crippen LogP contribution in [0.25, 0.3) is 0 Å². The van der Waals surface area contributed by atoms with Crippen molar-refractivity contribution < 1.29 is 21.5 Å². The number of thiol groups is 2. The topological polar surface area (TPSA) is 46.2 Å². The average molecular weight is 697 g/mol. The molecule has 0 aliphatic carbocycles. The third-order valence-corrected chi connectivity index (χ3v) is 25.0. The highest BCUT2D eigenvalue weighted by Crippen LogP contribution is 2.30. The Balaban J connectivity index is 2.09. The Bertz CT molecular complexity index is 1340. The molecular formula is C33H44O5S2Si4. The molecule has 0 heterocycles. The molecule has 5 nitrogen and oxygen atoms in total. The van der Waals surface area contributed by atoms with Gasteiger partial charge < -0.3 is 21.5 Å². The lowest BCUT2D eigenvalue weighted by atomic mass is 10.4. The Morgan fingerprint density at radius 3 is 1.34 bits per heavy atom. The number of ether oxygens (including phenoxy) is 1. The first-order chi connectivity index (χ1) is 21.1. The monoisotopic (exact) mass is 696 g/mol. The van der Waals surface area contributed by atoms with E-state index in [-0.39, 0.29) is 0 Å². The van der Waals surface area contributed by atoms with Crippen molar-refractivity contribution in [2.45, 2.75) is 44.8 Å². The second-order valence-corrected chi connectivity index (χ2v) is 26.0. The smallest absolute Gasteiger partial charge is 0.391 e. The lowest BCUT2D eigenvalue weighted by molar-refractivity contribution is 0.0787. The van der Waals surface area contributed by atoms with E-state index in [0.717, 1.165) is 20.7 Å². The molecule has 0 saturated carbocycles. The minimum atomic E-state index is -3.62. The zero-order valence-electron chi connectivity index (χ0n) is 26.2. The predicted molar refractivity (Wildman–Crippen MR) is 198 cm³/mol. The third kappa shape index (κ3) is 7.96. The van der Waals surface area contributed by atoms with Crippen LogP contribution in [0.1, 0.15) is 27.2 Å². The minimum Gasteiger partial charge on any atom is -0.429 e. The van der Waals surface area contributed by atoms with Gasteiger partial charge in [0.1, 0.15) is 4.56 Å². The maximum absolute atomic E-state index is 7.93. The SMILES string of the molecule is CCOC(S)(CC)[SiH](C)O[Si](O[Si](O[Si](C)(S)OCC)(c1ccccc1)c1ccccc1)(c1ccccc1)c1ccccc1. The molecule has 0 bridgehead atoms. The molecule has 0 amide bonds. The summed E-state index contributed by atoms with van der Waals surface area (Å²) in [6.07, 6.45) is 0.702. The highest BCUT2D eigenvalue weighted by atomic mass is 32.3. The lowest BCUT2D eigenvalue weighted by Gasteiger charge is -2.46. The summed E-state index contributed by atoms with van der Waals surface area (Å²) in [5.41, 5.74) is 0. The van der Waals surface area contributed by atoms with Crippen LogP contribution in [0.15, 0.2) is 121 Å². The molecule has 0 N–H and O–H groups in total. The van der Waals surface area contributed by atoms with E-state index >= 15 is 0 Å². The Morgan fingerprint density at radius 2 is 1.00 bits per heavy atom. The Kier molecular flexibility index (Phi) is 12.5. The molecule has 11 heteroatoms. The van der Waals surface area contributed by atoms with E-state index in [1.807, 2.05) is 93.2 Å². The molecule has 0 saturated heterocycles. The second kappa shape index (κ2) is 15.7. The molecule has 0 spiro atoms. The summed E-state index contributed by atoms with van der Waals surface area (Å²) in [7, 11) is -12.5. The first-order valence-corrected chi connectivity index (χ1v) is 25.1. The van der Waals surface area contributed by atoms with Gasteiger partial charge in [0.2, 0.25) is 9.04 Å².